The molecule has 1 aromatic rings. The van der Waals surface area contributed by atoms with Crippen molar-refractivity contribution in [3.8, 4) is 17.6 Å². The second kappa shape index (κ2) is 7.26. The monoisotopic (exact) mass is 329 g/mol. The average Bonchev–Trinajstić information content (AvgIpc) is 3.02. The Labute approximate surface area is 142 Å². The number of benzene rings is 1. The summed E-state index contributed by atoms with van der Waals surface area (Å²) in [5, 5.41) is 2.70. The third-order valence-electron chi connectivity index (χ3n) is 4.26. The quantitative estimate of drug-likeness (QED) is 0.808. The maximum absolute atomic E-state index is 12.1. The molecule has 0 aliphatic heterocycles. The minimum absolute atomic E-state index is 0.488. The molecule has 1 aliphatic rings. The molecule has 1 fully saturated rings. The maximum Gasteiger partial charge on any atom is 0.297 e. The molecule has 3 N–H and O–H groups in total. The lowest BCUT2D eigenvalue weighted by Crippen LogP contribution is -2.55. The van der Waals surface area contributed by atoms with Gasteiger partial charge in [0.2, 0.25) is 5.91 Å². The van der Waals surface area contributed by atoms with Crippen LogP contribution in [0.5, 0.6) is 5.75 Å². The van der Waals surface area contributed by atoms with Gasteiger partial charge in [-0.1, -0.05) is 18.8 Å². The van der Waals surface area contributed by atoms with Gasteiger partial charge in [-0.25, -0.2) is 0 Å². The first kappa shape index (κ1) is 17.7. The number of ether oxygens (including phenoxy) is 1. The van der Waals surface area contributed by atoms with E-state index in [2.05, 4.69) is 17.2 Å². The smallest absolute Gasteiger partial charge is 0.297 e. The van der Waals surface area contributed by atoms with E-state index in [1.54, 1.807) is 19.2 Å². The summed E-state index contributed by atoms with van der Waals surface area (Å²) < 4.78 is 5.29. The molecule has 0 unspecified atom stereocenters. The normalized spacial score (nSPS) is 15.1. The van der Waals surface area contributed by atoms with Crippen LogP contribution in [0.3, 0.4) is 0 Å². The number of nitrogens with zero attached hydrogens (tertiary/aromatic N) is 1. The van der Waals surface area contributed by atoms with Crippen LogP contribution in [0, 0.1) is 11.8 Å². The highest BCUT2D eigenvalue weighted by atomic mass is 16.5. The van der Waals surface area contributed by atoms with Gasteiger partial charge in [0.25, 0.3) is 5.91 Å². The standard InChI is InChI=1S/C18H23N3O3/c1-21(2)14-12-13(6-8-15(14)24-3)7-9-16(22)20-18(17(19)23)10-4-5-11-18/h6,8,12H,4-5,10-11H2,1-3H3,(H2,19,23)(H,20,22). The summed E-state index contributed by atoms with van der Waals surface area (Å²) in [5.41, 5.74) is 6.07. The molecule has 0 aromatic heterocycles. The van der Waals surface area contributed by atoms with E-state index >= 15 is 0 Å². The highest BCUT2D eigenvalue weighted by Gasteiger charge is 2.40. The van der Waals surface area contributed by atoms with Crippen molar-refractivity contribution in [2.75, 3.05) is 26.1 Å². The summed E-state index contributed by atoms with van der Waals surface area (Å²) in [4.78, 5) is 25.7. The lowest BCUT2D eigenvalue weighted by atomic mass is 9.97. The Bertz CT molecular complexity index is 695. The van der Waals surface area contributed by atoms with Gasteiger partial charge in [-0.3, -0.25) is 9.59 Å². The zero-order valence-corrected chi connectivity index (χ0v) is 14.3. The van der Waals surface area contributed by atoms with Crippen molar-refractivity contribution in [3.05, 3.63) is 23.8 Å². The molecule has 6 heteroatoms. The zero-order chi connectivity index (χ0) is 17.7. The fourth-order valence-corrected chi connectivity index (χ4v) is 2.91. The molecule has 0 atom stereocenters. The summed E-state index contributed by atoms with van der Waals surface area (Å²) in [6, 6.07) is 5.43. The first-order valence-electron chi connectivity index (χ1n) is 7.87. The average molecular weight is 329 g/mol. The molecule has 6 nitrogen and oxygen atoms in total. The van der Waals surface area contributed by atoms with E-state index in [0.29, 0.717) is 18.4 Å². The number of primary amides is 1. The van der Waals surface area contributed by atoms with Crippen molar-refractivity contribution >= 4 is 17.5 Å². The number of hydrogen-bond acceptors (Lipinski definition) is 4. The fourth-order valence-electron chi connectivity index (χ4n) is 2.91. The molecule has 24 heavy (non-hydrogen) atoms. The Kier molecular flexibility index (Phi) is 5.35. The SMILES string of the molecule is COc1ccc(C#CC(=O)NC2(C(N)=O)CCCC2)cc1N(C)C. The number of carbonyl (C=O) groups is 2. The summed E-state index contributed by atoms with van der Waals surface area (Å²) >= 11 is 0. The maximum atomic E-state index is 12.1. The van der Waals surface area contributed by atoms with E-state index in [1.165, 1.54) is 0 Å². The lowest BCUT2D eigenvalue weighted by Gasteiger charge is -2.25. The molecule has 0 spiro atoms. The number of rotatable bonds is 4. The van der Waals surface area contributed by atoms with Crippen molar-refractivity contribution in [2.24, 2.45) is 5.73 Å². The van der Waals surface area contributed by atoms with Crippen LogP contribution in [-0.4, -0.2) is 38.6 Å². The van der Waals surface area contributed by atoms with E-state index < -0.39 is 17.4 Å². The van der Waals surface area contributed by atoms with E-state index in [4.69, 9.17) is 10.5 Å². The van der Waals surface area contributed by atoms with Gasteiger partial charge in [0, 0.05) is 25.6 Å². The molecular weight excluding hydrogens is 306 g/mol. The van der Waals surface area contributed by atoms with Crippen LogP contribution in [-0.2, 0) is 9.59 Å². The molecule has 0 saturated heterocycles. The number of amides is 2. The van der Waals surface area contributed by atoms with E-state index in [0.717, 1.165) is 24.3 Å². The first-order valence-corrected chi connectivity index (χ1v) is 7.87. The highest BCUT2D eigenvalue weighted by molar-refractivity contribution is 5.99. The van der Waals surface area contributed by atoms with Gasteiger partial charge < -0.3 is 20.7 Å². The number of methoxy groups -OCH3 is 1. The molecule has 0 radical (unpaired) electrons. The van der Waals surface area contributed by atoms with Gasteiger partial charge in [-0.05, 0) is 31.0 Å². The van der Waals surface area contributed by atoms with Gasteiger partial charge in [0.1, 0.15) is 11.3 Å². The van der Waals surface area contributed by atoms with Crippen molar-refractivity contribution in [1.29, 1.82) is 0 Å². The van der Waals surface area contributed by atoms with E-state index in [1.807, 2.05) is 25.1 Å². The summed E-state index contributed by atoms with van der Waals surface area (Å²) in [6.45, 7) is 0. The Balaban J connectivity index is 2.16. The van der Waals surface area contributed by atoms with Gasteiger partial charge in [-0.15, -0.1) is 0 Å². The third kappa shape index (κ3) is 3.80. The minimum atomic E-state index is -0.944. The molecule has 1 aliphatic carbocycles. The molecule has 1 aromatic carbocycles. The minimum Gasteiger partial charge on any atom is -0.495 e. The van der Waals surface area contributed by atoms with Crippen molar-refractivity contribution in [2.45, 2.75) is 31.2 Å². The van der Waals surface area contributed by atoms with Crippen LogP contribution in [0.15, 0.2) is 18.2 Å². The topological polar surface area (TPSA) is 84.7 Å². The van der Waals surface area contributed by atoms with Gasteiger partial charge in [-0.2, -0.15) is 0 Å². The Morgan fingerprint density at radius 1 is 1.29 bits per heavy atom. The molecule has 1 saturated carbocycles. The van der Waals surface area contributed by atoms with Gasteiger partial charge >= 0.3 is 0 Å². The highest BCUT2D eigenvalue weighted by Crippen LogP contribution is 2.29. The molecule has 0 heterocycles. The van der Waals surface area contributed by atoms with E-state index in [9.17, 15) is 9.59 Å². The Morgan fingerprint density at radius 2 is 1.96 bits per heavy atom. The summed E-state index contributed by atoms with van der Waals surface area (Å²) in [6.07, 6.45) is 2.90. The van der Waals surface area contributed by atoms with Gasteiger partial charge in [0.05, 0.1) is 12.8 Å². The lowest BCUT2D eigenvalue weighted by molar-refractivity contribution is -0.129. The van der Waals surface area contributed by atoms with Gasteiger partial charge in [0.15, 0.2) is 0 Å². The van der Waals surface area contributed by atoms with Crippen molar-refractivity contribution < 1.29 is 14.3 Å². The van der Waals surface area contributed by atoms with Crippen molar-refractivity contribution in [1.82, 2.24) is 5.32 Å². The Hall–Kier alpha value is -2.68. The van der Waals surface area contributed by atoms with Crippen LogP contribution >= 0.6 is 0 Å². The second-order valence-electron chi connectivity index (χ2n) is 6.14. The molecule has 128 valence electrons. The predicted octanol–water partition coefficient (Wildman–Crippen LogP) is 1.03. The molecule has 2 amide bonds. The molecule has 2 rings (SSSR count). The summed E-state index contributed by atoms with van der Waals surface area (Å²) in [7, 11) is 5.41. The fraction of sp³-hybridized carbons (Fsp3) is 0.444. The second-order valence-corrected chi connectivity index (χ2v) is 6.14. The largest absolute Gasteiger partial charge is 0.495 e. The number of nitrogens with one attached hydrogen (secondary N) is 1. The van der Waals surface area contributed by atoms with Crippen molar-refractivity contribution in [3.63, 3.8) is 0 Å². The zero-order valence-electron chi connectivity index (χ0n) is 14.3. The first-order chi connectivity index (χ1) is 11.4. The summed E-state index contributed by atoms with van der Waals surface area (Å²) in [5.74, 6) is 5.12. The van der Waals surface area contributed by atoms with Crippen LogP contribution in [0.2, 0.25) is 0 Å². The number of carbonyl (C=O) groups excluding carboxylic acids is 2. The number of anilines is 1. The number of nitrogens with two attached hydrogens (primary N) is 1. The number of hydrogen-bond donors (Lipinski definition) is 2. The van der Waals surface area contributed by atoms with Crippen LogP contribution in [0.1, 0.15) is 31.2 Å². The Morgan fingerprint density at radius 3 is 2.50 bits per heavy atom. The van der Waals surface area contributed by atoms with Crippen LogP contribution in [0.4, 0.5) is 5.69 Å². The predicted molar refractivity (Wildman–Crippen MR) is 92.7 cm³/mol. The van der Waals surface area contributed by atoms with Crippen LogP contribution in [0.25, 0.3) is 0 Å². The molecule has 0 bridgehead atoms. The third-order valence-corrected chi connectivity index (χ3v) is 4.26. The molecular formula is C18H23N3O3. The van der Waals surface area contributed by atoms with Crippen LogP contribution < -0.4 is 20.7 Å². The van der Waals surface area contributed by atoms with E-state index in [-0.39, 0.29) is 0 Å².